The maximum absolute atomic E-state index is 9.37. The van der Waals surface area contributed by atoms with Crippen LogP contribution in [0.4, 0.5) is 0 Å². The van der Waals surface area contributed by atoms with E-state index in [0.717, 1.165) is 0 Å². The fourth-order valence-corrected chi connectivity index (χ4v) is 1.40. The van der Waals surface area contributed by atoms with Gasteiger partial charge in [0.05, 0.1) is 18.6 Å². The third kappa shape index (κ3) is 2.18. The van der Waals surface area contributed by atoms with E-state index in [2.05, 4.69) is 0 Å². The third-order valence-corrected chi connectivity index (χ3v) is 2.14. The van der Waals surface area contributed by atoms with Crippen molar-refractivity contribution in [2.24, 2.45) is 0 Å². The van der Waals surface area contributed by atoms with Crippen LogP contribution in [0.15, 0.2) is 30.3 Å². The summed E-state index contributed by atoms with van der Waals surface area (Å²) in [6, 6.07) is 8.51. The normalized spacial score (nSPS) is 32.9. The molecule has 1 aromatic rings. The standard InChI is InChI=1S/C11H14O4/c12-6-9-10(7-13)15-11(14-9)8-4-2-1-3-5-8/h1-5,9-13H,6-7H2/t9-,10-/m0/s1/i6D2,7D2. The first-order chi connectivity index (χ1) is 8.69. The maximum Gasteiger partial charge on any atom is 0.184 e. The van der Waals surface area contributed by atoms with Crippen molar-refractivity contribution in [3.05, 3.63) is 35.9 Å². The number of hydrogen-bond donors (Lipinski definition) is 2. The summed E-state index contributed by atoms with van der Waals surface area (Å²) in [7, 11) is 0. The van der Waals surface area contributed by atoms with Crippen molar-refractivity contribution in [2.75, 3.05) is 13.1 Å². The Morgan fingerprint density at radius 1 is 1.07 bits per heavy atom. The Balaban J connectivity index is 2.26. The summed E-state index contributed by atoms with van der Waals surface area (Å²) in [6.07, 6.45) is -4.30. The lowest BCUT2D eigenvalue weighted by Gasteiger charge is -2.09. The highest BCUT2D eigenvalue weighted by Crippen LogP contribution is 2.30. The lowest BCUT2D eigenvalue weighted by molar-refractivity contribution is -0.0770. The quantitative estimate of drug-likeness (QED) is 0.767. The average Bonchev–Trinajstić information content (AvgIpc) is 2.74. The molecule has 1 fully saturated rings. The minimum absolute atomic E-state index is 0.545. The molecule has 4 heteroatoms. The van der Waals surface area contributed by atoms with Crippen molar-refractivity contribution >= 4 is 0 Å². The van der Waals surface area contributed by atoms with Gasteiger partial charge in [-0.1, -0.05) is 30.3 Å². The van der Waals surface area contributed by atoms with E-state index in [9.17, 15) is 10.2 Å². The van der Waals surface area contributed by atoms with Crippen molar-refractivity contribution in [3.63, 3.8) is 0 Å². The van der Waals surface area contributed by atoms with Crippen LogP contribution in [0, 0.1) is 0 Å². The van der Waals surface area contributed by atoms with Crippen LogP contribution in [0.5, 0.6) is 0 Å². The van der Waals surface area contributed by atoms with E-state index in [1.165, 1.54) is 0 Å². The molecule has 1 aliphatic heterocycles. The minimum atomic E-state index is -2.83. The van der Waals surface area contributed by atoms with Crippen molar-refractivity contribution in [3.8, 4) is 0 Å². The summed E-state index contributed by atoms with van der Waals surface area (Å²) in [5.74, 6) is 0. The van der Waals surface area contributed by atoms with Crippen LogP contribution in [0.2, 0.25) is 0 Å². The summed E-state index contributed by atoms with van der Waals surface area (Å²) < 4.78 is 39.3. The Morgan fingerprint density at radius 2 is 1.60 bits per heavy atom. The van der Waals surface area contributed by atoms with E-state index in [1.54, 1.807) is 30.3 Å². The van der Waals surface area contributed by atoms with E-state index in [4.69, 9.17) is 15.0 Å². The van der Waals surface area contributed by atoms with E-state index in [1.807, 2.05) is 0 Å². The lowest BCUT2D eigenvalue weighted by Crippen LogP contribution is -2.29. The van der Waals surface area contributed by atoms with E-state index in [0.29, 0.717) is 5.56 Å². The average molecular weight is 214 g/mol. The summed E-state index contributed by atoms with van der Waals surface area (Å²) in [4.78, 5) is 0. The molecule has 1 heterocycles. The van der Waals surface area contributed by atoms with Crippen LogP contribution in [0.3, 0.4) is 0 Å². The molecule has 4 nitrogen and oxygen atoms in total. The van der Waals surface area contributed by atoms with Crippen LogP contribution >= 0.6 is 0 Å². The van der Waals surface area contributed by atoms with E-state index in [-0.39, 0.29) is 0 Å². The number of ether oxygens (including phenoxy) is 2. The van der Waals surface area contributed by atoms with Gasteiger partial charge in [0.2, 0.25) is 0 Å². The molecule has 2 rings (SSSR count). The van der Waals surface area contributed by atoms with Crippen molar-refractivity contribution < 1.29 is 25.2 Å². The summed E-state index contributed by atoms with van der Waals surface area (Å²) in [6.45, 7) is -5.66. The van der Waals surface area contributed by atoms with E-state index < -0.39 is 31.6 Å². The molecule has 2 atom stereocenters. The second-order valence-corrected chi connectivity index (χ2v) is 3.11. The second kappa shape index (κ2) is 4.72. The molecule has 1 saturated heterocycles. The Labute approximate surface area is 93.7 Å². The Hall–Kier alpha value is -0.940. The zero-order chi connectivity index (χ0) is 14.3. The van der Waals surface area contributed by atoms with Gasteiger partial charge in [-0.25, -0.2) is 0 Å². The van der Waals surface area contributed by atoms with Gasteiger partial charge < -0.3 is 19.7 Å². The zero-order valence-electron chi connectivity index (χ0n) is 11.8. The van der Waals surface area contributed by atoms with Crippen LogP contribution < -0.4 is 0 Å². The zero-order valence-corrected chi connectivity index (χ0v) is 7.83. The first kappa shape index (κ1) is 6.60. The van der Waals surface area contributed by atoms with Gasteiger partial charge in [-0.3, -0.25) is 0 Å². The summed E-state index contributed by atoms with van der Waals surface area (Å²) in [5.41, 5.74) is 0.545. The molecule has 0 saturated carbocycles. The highest BCUT2D eigenvalue weighted by molar-refractivity contribution is 5.16. The number of rotatable bonds is 3. The topological polar surface area (TPSA) is 58.9 Å². The molecule has 0 aromatic heterocycles. The molecular formula is C11H14O4. The lowest BCUT2D eigenvalue weighted by atomic mass is 10.2. The summed E-state index contributed by atoms with van der Waals surface area (Å²) >= 11 is 0. The molecule has 0 radical (unpaired) electrons. The van der Waals surface area contributed by atoms with Gasteiger partial charge in [0.15, 0.2) is 6.29 Å². The van der Waals surface area contributed by atoms with Gasteiger partial charge in [0, 0.05) is 5.56 Å². The van der Waals surface area contributed by atoms with Gasteiger partial charge in [-0.15, -0.1) is 0 Å². The van der Waals surface area contributed by atoms with Crippen molar-refractivity contribution in [1.29, 1.82) is 0 Å². The van der Waals surface area contributed by atoms with Gasteiger partial charge >= 0.3 is 0 Å². The molecule has 0 unspecified atom stereocenters. The molecule has 0 spiro atoms. The van der Waals surface area contributed by atoms with Crippen LogP contribution in [0.1, 0.15) is 17.3 Å². The molecule has 1 aromatic carbocycles. The van der Waals surface area contributed by atoms with Gasteiger partial charge in [-0.2, -0.15) is 0 Å². The smallest absolute Gasteiger partial charge is 0.184 e. The molecule has 0 bridgehead atoms. The predicted molar refractivity (Wildman–Crippen MR) is 53.1 cm³/mol. The molecule has 1 aliphatic rings. The van der Waals surface area contributed by atoms with Gasteiger partial charge in [-0.05, 0) is 0 Å². The number of benzene rings is 1. The van der Waals surface area contributed by atoms with Crippen LogP contribution in [0.25, 0.3) is 0 Å². The Kier molecular flexibility index (Phi) is 2.08. The molecule has 0 amide bonds. The summed E-state index contributed by atoms with van der Waals surface area (Å²) in [5, 5.41) is 18.7. The monoisotopic (exact) mass is 214 g/mol. The largest absolute Gasteiger partial charge is 0.394 e. The minimum Gasteiger partial charge on any atom is -0.394 e. The number of hydrogen-bond acceptors (Lipinski definition) is 4. The Bertz CT molecular complexity index is 407. The molecular weight excluding hydrogens is 196 g/mol. The molecule has 15 heavy (non-hydrogen) atoms. The van der Waals surface area contributed by atoms with Crippen molar-refractivity contribution in [2.45, 2.75) is 18.5 Å². The molecule has 0 aliphatic carbocycles. The number of aliphatic hydroxyl groups is 2. The fraction of sp³-hybridized carbons (Fsp3) is 0.455. The third-order valence-electron chi connectivity index (χ3n) is 2.14. The highest BCUT2D eigenvalue weighted by Gasteiger charge is 2.35. The Morgan fingerprint density at radius 3 is 2.07 bits per heavy atom. The first-order valence-corrected chi connectivity index (χ1v) is 4.50. The maximum atomic E-state index is 9.37. The van der Waals surface area contributed by atoms with Gasteiger partial charge in [0.25, 0.3) is 0 Å². The first-order valence-electron chi connectivity index (χ1n) is 6.50. The predicted octanol–water partition coefficient (Wildman–Crippen LogP) is 0.454. The molecule has 2 N–H and O–H groups in total. The van der Waals surface area contributed by atoms with Crippen molar-refractivity contribution in [1.82, 2.24) is 0 Å². The van der Waals surface area contributed by atoms with Crippen LogP contribution in [-0.2, 0) is 9.47 Å². The van der Waals surface area contributed by atoms with Crippen LogP contribution in [-0.4, -0.2) is 35.5 Å². The van der Waals surface area contributed by atoms with Gasteiger partial charge in [0.1, 0.15) is 12.2 Å². The fourth-order valence-electron chi connectivity index (χ4n) is 1.40. The van der Waals surface area contributed by atoms with E-state index >= 15 is 0 Å². The second-order valence-electron chi connectivity index (χ2n) is 3.11. The SMILES string of the molecule is [2H]C([2H])(O)[C@@H]1OC(c2ccccc2)O[C@H]1C([2H])([2H])O. The molecule has 82 valence electrons. The highest BCUT2D eigenvalue weighted by atomic mass is 16.7.